The molecule has 0 saturated carbocycles. The van der Waals surface area contributed by atoms with Crippen LogP contribution in [-0.4, -0.2) is 27.2 Å². The zero-order valence-electron chi connectivity index (χ0n) is 11.6. The molecule has 0 aliphatic carbocycles. The van der Waals surface area contributed by atoms with E-state index in [1.54, 1.807) is 0 Å². The lowest BCUT2D eigenvalue weighted by atomic mass is 10.1. The molecule has 1 N–H and O–H groups in total. The van der Waals surface area contributed by atoms with Gasteiger partial charge in [-0.1, -0.05) is 0 Å². The fourth-order valence-corrected chi connectivity index (χ4v) is 2.00. The lowest BCUT2D eigenvalue weighted by molar-refractivity contribution is -0.148. The third kappa shape index (κ3) is 3.47. The predicted molar refractivity (Wildman–Crippen MR) is 71.4 cm³/mol. The van der Waals surface area contributed by atoms with Crippen LogP contribution in [0.25, 0.3) is 0 Å². The number of Topliss-reactive ketones (excluding diaryl/α,β-unsaturated/α-hetero) is 2. The molecule has 0 spiro atoms. The van der Waals surface area contributed by atoms with Crippen LogP contribution in [0.2, 0.25) is 0 Å². The van der Waals surface area contributed by atoms with Gasteiger partial charge in [0.1, 0.15) is 5.82 Å². The summed E-state index contributed by atoms with van der Waals surface area (Å²) < 4.78 is 41.6. The first-order valence-electron chi connectivity index (χ1n) is 6.38. The summed E-state index contributed by atoms with van der Waals surface area (Å²) in [5.41, 5.74) is -0.692. The molecule has 23 heavy (non-hydrogen) atoms. The van der Waals surface area contributed by atoms with Crippen LogP contribution >= 0.6 is 0 Å². The van der Waals surface area contributed by atoms with Crippen molar-refractivity contribution in [2.75, 3.05) is 0 Å². The molecular formula is C15H10F3NO4. The maximum absolute atomic E-state index is 13.7. The van der Waals surface area contributed by atoms with E-state index in [-0.39, 0.29) is 5.69 Å². The largest absolute Gasteiger partial charge is 0.475 e. The third-order valence-corrected chi connectivity index (χ3v) is 3.14. The molecule has 1 aromatic carbocycles. The molecule has 2 aromatic rings. The lowest BCUT2D eigenvalue weighted by Gasteiger charge is -2.10. The number of carboxylic acid groups (broad SMARTS) is 1. The fourth-order valence-electron chi connectivity index (χ4n) is 2.00. The van der Waals surface area contributed by atoms with Crippen LogP contribution in [0.4, 0.5) is 13.2 Å². The second-order valence-electron chi connectivity index (χ2n) is 4.67. The Hall–Kier alpha value is -2.90. The van der Waals surface area contributed by atoms with Gasteiger partial charge in [-0.2, -0.15) is 0 Å². The first-order valence-corrected chi connectivity index (χ1v) is 6.38. The first-order chi connectivity index (χ1) is 10.8. The predicted octanol–water partition coefficient (Wildman–Crippen LogP) is 2.18. The lowest BCUT2D eigenvalue weighted by Crippen LogP contribution is -2.19. The molecule has 8 heteroatoms. The van der Waals surface area contributed by atoms with E-state index < -0.39 is 53.5 Å². The highest BCUT2D eigenvalue weighted by molar-refractivity contribution is 6.37. The van der Waals surface area contributed by atoms with Crippen LogP contribution in [-0.2, 0) is 16.1 Å². The summed E-state index contributed by atoms with van der Waals surface area (Å²) in [6, 6.07) is 4.05. The Kier molecular flexibility index (Phi) is 4.63. The van der Waals surface area contributed by atoms with Gasteiger partial charge in [0, 0.05) is 11.8 Å². The summed E-state index contributed by atoms with van der Waals surface area (Å²) in [5, 5.41) is 8.49. The Balaban J connectivity index is 2.29. The van der Waals surface area contributed by atoms with Gasteiger partial charge in [0.05, 0.1) is 18.7 Å². The molecule has 0 bridgehead atoms. The van der Waals surface area contributed by atoms with E-state index in [0.29, 0.717) is 6.07 Å². The van der Waals surface area contributed by atoms with Crippen LogP contribution in [0, 0.1) is 17.5 Å². The molecule has 0 saturated heterocycles. The second-order valence-corrected chi connectivity index (χ2v) is 4.67. The van der Waals surface area contributed by atoms with Crippen LogP contribution in [0.3, 0.4) is 0 Å². The molecule has 120 valence electrons. The van der Waals surface area contributed by atoms with Gasteiger partial charge in [0.2, 0.25) is 5.78 Å². The first kappa shape index (κ1) is 16.5. The van der Waals surface area contributed by atoms with Gasteiger partial charge < -0.3 is 9.67 Å². The average Bonchev–Trinajstić information content (AvgIpc) is 2.95. The molecule has 0 amide bonds. The number of hydrogen-bond acceptors (Lipinski definition) is 3. The van der Waals surface area contributed by atoms with E-state index in [2.05, 4.69) is 0 Å². The Labute approximate surface area is 128 Å². The minimum absolute atomic E-state index is 0.109. The number of aliphatic carboxylic acids is 1. The topological polar surface area (TPSA) is 76.4 Å². The highest BCUT2D eigenvalue weighted by Gasteiger charge is 2.21. The Morgan fingerprint density at radius 2 is 1.70 bits per heavy atom. The van der Waals surface area contributed by atoms with Crippen molar-refractivity contribution in [2.45, 2.75) is 13.0 Å². The van der Waals surface area contributed by atoms with E-state index in [1.807, 2.05) is 0 Å². The number of nitrogens with zero attached hydrogens (tertiary/aromatic N) is 1. The van der Waals surface area contributed by atoms with Gasteiger partial charge in [0.15, 0.2) is 17.4 Å². The quantitative estimate of drug-likeness (QED) is 0.382. The minimum atomic E-state index is -1.75. The second kappa shape index (κ2) is 6.47. The summed E-state index contributed by atoms with van der Waals surface area (Å²) in [6.07, 6.45) is 0.426. The maximum Gasteiger partial charge on any atom is 0.372 e. The highest BCUT2D eigenvalue weighted by atomic mass is 19.2. The SMILES string of the molecule is O=C(O)C(=O)CC(=O)c1cccn1Cc1c(F)ccc(F)c1F. The zero-order chi connectivity index (χ0) is 17.1. The number of hydrogen-bond donors (Lipinski definition) is 1. The maximum atomic E-state index is 13.7. The van der Waals surface area contributed by atoms with E-state index >= 15 is 0 Å². The van der Waals surface area contributed by atoms with Crippen molar-refractivity contribution >= 4 is 17.5 Å². The summed E-state index contributed by atoms with van der Waals surface area (Å²) in [6.45, 7) is -0.481. The monoisotopic (exact) mass is 325 g/mol. The molecule has 1 aromatic heterocycles. The van der Waals surface area contributed by atoms with Crippen LogP contribution in [0.1, 0.15) is 22.5 Å². The molecule has 0 fully saturated rings. The van der Waals surface area contributed by atoms with E-state index in [0.717, 1.165) is 10.6 Å². The van der Waals surface area contributed by atoms with Gasteiger partial charge in [-0.3, -0.25) is 9.59 Å². The molecule has 0 aliphatic rings. The van der Waals surface area contributed by atoms with Gasteiger partial charge in [-0.15, -0.1) is 0 Å². The Morgan fingerprint density at radius 3 is 2.35 bits per heavy atom. The highest BCUT2D eigenvalue weighted by Crippen LogP contribution is 2.18. The number of ketones is 2. The van der Waals surface area contributed by atoms with Crippen molar-refractivity contribution in [3.63, 3.8) is 0 Å². The summed E-state index contributed by atoms with van der Waals surface area (Å²) in [7, 11) is 0. The number of benzene rings is 1. The third-order valence-electron chi connectivity index (χ3n) is 3.14. The zero-order valence-corrected chi connectivity index (χ0v) is 11.6. The number of carboxylic acids is 1. The van der Waals surface area contributed by atoms with Gasteiger partial charge >= 0.3 is 5.97 Å². The number of carbonyl (C=O) groups excluding carboxylic acids is 2. The molecule has 0 unspecified atom stereocenters. The number of aromatic nitrogens is 1. The number of rotatable bonds is 6. The molecule has 2 rings (SSSR count). The Morgan fingerprint density at radius 1 is 1.04 bits per heavy atom. The summed E-state index contributed by atoms with van der Waals surface area (Å²) in [4.78, 5) is 33.4. The standard InChI is InChI=1S/C15H10F3NO4/c16-9-3-4-10(17)14(18)8(9)7-19-5-1-2-11(19)12(20)6-13(21)15(22)23/h1-5H,6-7H2,(H,22,23). The minimum Gasteiger partial charge on any atom is -0.475 e. The fraction of sp³-hybridized carbons (Fsp3) is 0.133. The van der Waals surface area contributed by atoms with Crippen LogP contribution in [0.5, 0.6) is 0 Å². The smallest absolute Gasteiger partial charge is 0.372 e. The van der Waals surface area contributed by atoms with E-state index in [1.165, 1.54) is 18.3 Å². The number of carbonyl (C=O) groups is 3. The van der Waals surface area contributed by atoms with Gasteiger partial charge in [0.25, 0.3) is 0 Å². The van der Waals surface area contributed by atoms with Gasteiger partial charge in [-0.05, 0) is 24.3 Å². The van der Waals surface area contributed by atoms with Gasteiger partial charge in [-0.25, -0.2) is 18.0 Å². The molecule has 0 radical (unpaired) electrons. The van der Waals surface area contributed by atoms with E-state index in [4.69, 9.17) is 5.11 Å². The Bertz CT molecular complexity index is 798. The summed E-state index contributed by atoms with van der Waals surface area (Å²) in [5.74, 6) is -7.47. The summed E-state index contributed by atoms with van der Waals surface area (Å²) >= 11 is 0. The van der Waals surface area contributed by atoms with Crippen LogP contribution in [0.15, 0.2) is 30.5 Å². The molecule has 1 heterocycles. The van der Waals surface area contributed by atoms with Crippen LogP contribution < -0.4 is 0 Å². The van der Waals surface area contributed by atoms with E-state index in [9.17, 15) is 27.6 Å². The van der Waals surface area contributed by atoms with Crippen molar-refractivity contribution in [1.29, 1.82) is 0 Å². The van der Waals surface area contributed by atoms with Crippen molar-refractivity contribution < 1.29 is 32.7 Å². The average molecular weight is 325 g/mol. The molecule has 0 atom stereocenters. The molecule has 0 aliphatic heterocycles. The molecular weight excluding hydrogens is 315 g/mol. The normalized spacial score (nSPS) is 10.6. The van der Waals surface area contributed by atoms with Crippen molar-refractivity contribution in [3.8, 4) is 0 Å². The number of halogens is 3. The molecule has 5 nitrogen and oxygen atoms in total. The van der Waals surface area contributed by atoms with Crippen molar-refractivity contribution in [1.82, 2.24) is 4.57 Å². The van der Waals surface area contributed by atoms with Crippen molar-refractivity contribution in [3.05, 3.63) is 59.2 Å². The van der Waals surface area contributed by atoms with Crippen molar-refractivity contribution in [2.24, 2.45) is 0 Å².